The lowest BCUT2D eigenvalue weighted by molar-refractivity contribution is 0.122. The molecule has 35 heavy (non-hydrogen) atoms. The molecule has 4 rings (SSSR count). The third-order valence-electron chi connectivity index (χ3n) is 6.61. The lowest BCUT2D eigenvalue weighted by Gasteiger charge is -2.41. The number of amides is 2. The van der Waals surface area contributed by atoms with E-state index in [1.54, 1.807) is 9.91 Å². The summed E-state index contributed by atoms with van der Waals surface area (Å²) in [5, 5.41) is 22.8. The van der Waals surface area contributed by atoms with E-state index >= 15 is 0 Å². The number of carbonyl (C=O) groups is 2. The predicted octanol–water partition coefficient (Wildman–Crippen LogP) is 2.60. The number of carbonyl (C=O) groups excluding carboxylic acids is 1. The predicted molar refractivity (Wildman–Crippen MR) is 129 cm³/mol. The number of carboxylic acid groups (broad SMARTS) is 1. The van der Waals surface area contributed by atoms with Crippen LogP contribution in [0.4, 0.5) is 15.4 Å². The highest BCUT2D eigenvalue weighted by Crippen LogP contribution is 2.32. The molecule has 1 aliphatic heterocycles. The first kappa shape index (κ1) is 24.7. The third-order valence-corrected chi connectivity index (χ3v) is 6.61. The molecule has 0 aromatic carbocycles. The zero-order chi connectivity index (χ0) is 25.1. The molecule has 1 N–H and O–H groups in total. The van der Waals surface area contributed by atoms with E-state index in [9.17, 15) is 20.0 Å². The lowest BCUT2D eigenvalue weighted by atomic mass is 9.95. The summed E-state index contributed by atoms with van der Waals surface area (Å²) < 4.78 is 1.35. The van der Waals surface area contributed by atoms with Crippen LogP contribution in [0.5, 0.6) is 0 Å². The van der Waals surface area contributed by atoms with E-state index < -0.39 is 6.09 Å². The van der Waals surface area contributed by atoms with Gasteiger partial charge in [-0.25, -0.2) is 24.1 Å². The van der Waals surface area contributed by atoms with Gasteiger partial charge in [0, 0.05) is 32.7 Å². The topological polar surface area (TPSA) is 135 Å². The minimum atomic E-state index is -1.09. The molecule has 0 spiro atoms. The number of hydrogen-bond donors (Lipinski definition) is 1. The summed E-state index contributed by atoms with van der Waals surface area (Å²) in [4.78, 5) is 42.8. The number of rotatable bonds is 5. The van der Waals surface area contributed by atoms with Crippen LogP contribution in [0.2, 0.25) is 0 Å². The quantitative estimate of drug-likeness (QED) is 0.637. The smallest absolute Gasteiger partial charge is 0.426 e. The Morgan fingerprint density at radius 2 is 1.86 bits per heavy atom. The van der Waals surface area contributed by atoms with Crippen LogP contribution in [0.15, 0.2) is 6.33 Å². The first-order valence-electron chi connectivity index (χ1n) is 12.2. The zero-order valence-corrected chi connectivity index (χ0v) is 20.6. The summed E-state index contributed by atoms with van der Waals surface area (Å²) in [5.41, 5.74) is 0.526. The Morgan fingerprint density at radius 3 is 2.46 bits per heavy atom. The van der Waals surface area contributed by atoms with Crippen molar-refractivity contribution in [1.29, 1.82) is 5.26 Å². The van der Waals surface area contributed by atoms with Gasteiger partial charge in [0.05, 0.1) is 6.04 Å². The van der Waals surface area contributed by atoms with Crippen LogP contribution in [0, 0.1) is 17.2 Å². The Labute approximate surface area is 204 Å². The molecular weight excluding hydrogens is 450 g/mol. The Balaban J connectivity index is 1.82. The number of imidazole rings is 1. The van der Waals surface area contributed by atoms with Crippen LogP contribution < -0.4 is 5.01 Å². The van der Waals surface area contributed by atoms with Gasteiger partial charge in [0.1, 0.15) is 12.4 Å². The molecule has 1 saturated heterocycles. The van der Waals surface area contributed by atoms with Crippen molar-refractivity contribution in [3.05, 3.63) is 12.2 Å². The number of nitrogens with zero attached hydrogens (tertiary/aromatic N) is 9. The summed E-state index contributed by atoms with van der Waals surface area (Å²) >= 11 is 0. The number of anilines is 1. The largest absolute Gasteiger partial charge is 0.464 e. The highest BCUT2D eigenvalue weighted by molar-refractivity contribution is 5.92. The fraction of sp³-hybridized carbons (Fsp3) is 0.652. The molecular formula is C23H33N9O3. The van der Waals surface area contributed by atoms with Crippen molar-refractivity contribution in [3.8, 4) is 6.07 Å². The minimum Gasteiger partial charge on any atom is -0.464 e. The van der Waals surface area contributed by atoms with Crippen molar-refractivity contribution >= 4 is 29.1 Å². The van der Waals surface area contributed by atoms with E-state index in [1.807, 2.05) is 27.0 Å². The van der Waals surface area contributed by atoms with Crippen molar-refractivity contribution in [1.82, 2.24) is 34.3 Å². The van der Waals surface area contributed by atoms with Gasteiger partial charge in [-0.15, -0.1) is 0 Å². The molecule has 2 aliphatic rings. The molecule has 12 heteroatoms. The monoisotopic (exact) mass is 483 g/mol. The zero-order valence-electron chi connectivity index (χ0n) is 20.6. The second-order valence-corrected chi connectivity index (χ2v) is 9.74. The summed E-state index contributed by atoms with van der Waals surface area (Å²) in [6, 6.07) is 1.60. The van der Waals surface area contributed by atoms with Crippen LogP contribution in [-0.2, 0) is 0 Å². The van der Waals surface area contributed by atoms with Gasteiger partial charge in [-0.1, -0.05) is 33.1 Å². The minimum absolute atomic E-state index is 0.0707. The Morgan fingerprint density at radius 1 is 1.17 bits per heavy atom. The molecule has 1 saturated carbocycles. The van der Waals surface area contributed by atoms with Gasteiger partial charge in [-0.05, 0) is 25.8 Å². The summed E-state index contributed by atoms with van der Waals surface area (Å²) in [5.74, 6) is 0.198. The lowest BCUT2D eigenvalue weighted by Crippen LogP contribution is -2.54. The second kappa shape index (κ2) is 10.4. The standard InChI is InChI=1S/C23H33N9O3/c1-16(2)14-31(23(34)35)32(17-7-5-4-6-8-17)21-19-20(26-18(13-24)27-21)30(15-25-19)22(33)29-11-9-28(3)10-12-29/h15-17H,4-12,14H2,1-3H3,(H,34,35). The van der Waals surface area contributed by atoms with Crippen molar-refractivity contribution in [2.24, 2.45) is 5.92 Å². The fourth-order valence-electron chi connectivity index (χ4n) is 4.80. The molecule has 0 unspecified atom stereocenters. The second-order valence-electron chi connectivity index (χ2n) is 9.74. The highest BCUT2D eigenvalue weighted by Gasteiger charge is 2.34. The van der Waals surface area contributed by atoms with E-state index in [4.69, 9.17) is 0 Å². The maximum Gasteiger partial charge on any atom is 0.426 e. The van der Waals surface area contributed by atoms with Crippen LogP contribution in [0.3, 0.4) is 0 Å². The molecule has 0 radical (unpaired) electrons. The normalized spacial score (nSPS) is 17.5. The van der Waals surface area contributed by atoms with E-state index in [-0.39, 0.29) is 41.8 Å². The van der Waals surface area contributed by atoms with Gasteiger partial charge < -0.3 is 14.9 Å². The van der Waals surface area contributed by atoms with Crippen LogP contribution in [0.1, 0.15) is 51.8 Å². The Bertz CT molecular complexity index is 1110. The number of aromatic nitrogens is 4. The van der Waals surface area contributed by atoms with Gasteiger partial charge in [0.2, 0.25) is 5.82 Å². The van der Waals surface area contributed by atoms with Crippen LogP contribution >= 0.6 is 0 Å². The maximum atomic E-state index is 13.3. The number of piperazine rings is 1. The summed E-state index contributed by atoms with van der Waals surface area (Å²) in [6.45, 7) is 6.85. The molecule has 188 valence electrons. The molecule has 2 aromatic rings. The van der Waals surface area contributed by atoms with E-state index in [0.29, 0.717) is 18.6 Å². The number of hydrazine groups is 1. The average molecular weight is 484 g/mol. The summed E-state index contributed by atoms with van der Waals surface area (Å²) in [6.07, 6.45) is 4.96. The van der Waals surface area contributed by atoms with Gasteiger partial charge >= 0.3 is 12.1 Å². The molecule has 0 atom stereocenters. The van der Waals surface area contributed by atoms with Gasteiger partial charge in [0.25, 0.3) is 0 Å². The third kappa shape index (κ3) is 5.14. The molecule has 0 bridgehead atoms. The average Bonchev–Trinajstić information content (AvgIpc) is 3.28. The number of likely N-dealkylation sites (N-methyl/N-ethyl adjacent to an activating group) is 1. The van der Waals surface area contributed by atoms with Crippen molar-refractivity contribution in [2.45, 2.75) is 52.0 Å². The van der Waals surface area contributed by atoms with E-state index in [2.05, 4.69) is 19.9 Å². The Hall–Kier alpha value is -3.46. The van der Waals surface area contributed by atoms with Crippen LogP contribution in [-0.4, -0.2) is 97.4 Å². The van der Waals surface area contributed by atoms with E-state index in [0.717, 1.165) is 45.2 Å². The molecule has 12 nitrogen and oxygen atoms in total. The first-order chi connectivity index (χ1) is 16.8. The highest BCUT2D eigenvalue weighted by atomic mass is 16.4. The number of nitriles is 1. The van der Waals surface area contributed by atoms with Crippen molar-refractivity contribution in [2.75, 3.05) is 44.8 Å². The SMILES string of the molecule is CC(C)CN(C(=O)O)N(c1nc(C#N)nc2c1ncn2C(=O)N1CCN(C)CC1)C1CCCCC1. The molecule has 3 heterocycles. The van der Waals surface area contributed by atoms with E-state index in [1.165, 1.54) is 15.9 Å². The molecule has 1 aliphatic carbocycles. The first-order valence-corrected chi connectivity index (χ1v) is 12.2. The summed E-state index contributed by atoms with van der Waals surface area (Å²) in [7, 11) is 2.01. The molecule has 2 amide bonds. The van der Waals surface area contributed by atoms with Crippen LogP contribution in [0.25, 0.3) is 11.2 Å². The van der Waals surface area contributed by atoms with Gasteiger partial charge in [0.15, 0.2) is 17.0 Å². The van der Waals surface area contributed by atoms with Crippen molar-refractivity contribution in [3.63, 3.8) is 0 Å². The Kier molecular flexibility index (Phi) is 7.35. The fourth-order valence-corrected chi connectivity index (χ4v) is 4.80. The molecule has 2 fully saturated rings. The van der Waals surface area contributed by atoms with Crippen molar-refractivity contribution < 1.29 is 14.7 Å². The van der Waals surface area contributed by atoms with Gasteiger partial charge in [-0.2, -0.15) is 15.2 Å². The van der Waals surface area contributed by atoms with Gasteiger partial charge in [-0.3, -0.25) is 5.01 Å². The molecule has 2 aromatic heterocycles. The number of hydrogen-bond acceptors (Lipinski definition) is 8. The number of fused-ring (bicyclic) bond motifs is 1. The maximum absolute atomic E-state index is 13.3.